The van der Waals surface area contributed by atoms with Crippen molar-refractivity contribution in [1.82, 2.24) is 4.90 Å². The van der Waals surface area contributed by atoms with Gasteiger partial charge in [-0.25, -0.2) is 4.39 Å². The Kier molecular flexibility index (Phi) is 4.29. The third-order valence-corrected chi connectivity index (χ3v) is 2.44. The van der Waals surface area contributed by atoms with E-state index in [1.807, 2.05) is 0 Å². The van der Waals surface area contributed by atoms with Crippen LogP contribution in [-0.2, 0) is 0 Å². The lowest BCUT2D eigenvalue weighted by atomic mass is 10.1. The van der Waals surface area contributed by atoms with E-state index >= 15 is 0 Å². The van der Waals surface area contributed by atoms with Gasteiger partial charge >= 0.3 is 0 Å². The first kappa shape index (κ1) is 14.4. The molecule has 0 saturated heterocycles. The molecule has 1 aromatic carbocycles. The first-order valence-electron chi connectivity index (χ1n) is 5.75. The van der Waals surface area contributed by atoms with Crippen LogP contribution in [0.5, 0.6) is 5.75 Å². The van der Waals surface area contributed by atoms with Crippen molar-refractivity contribution in [1.29, 1.82) is 0 Å². The van der Waals surface area contributed by atoms with E-state index in [0.29, 0.717) is 6.54 Å². The second-order valence-corrected chi connectivity index (χ2v) is 4.79. The average molecular weight is 255 g/mol. The Morgan fingerprint density at radius 3 is 2.56 bits per heavy atom. The Morgan fingerprint density at radius 2 is 2.06 bits per heavy atom. The number of amides is 1. The highest BCUT2D eigenvalue weighted by molar-refractivity contribution is 5.96. The molecule has 2 N–H and O–H groups in total. The highest BCUT2D eigenvalue weighted by Gasteiger charge is 2.24. The van der Waals surface area contributed by atoms with Crippen molar-refractivity contribution in [3.8, 4) is 5.75 Å². The molecule has 0 aliphatic heterocycles. The summed E-state index contributed by atoms with van der Waals surface area (Å²) in [4.78, 5) is 13.5. The second kappa shape index (κ2) is 5.35. The quantitative estimate of drug-likeness (QED) is 0.862. The van der Waals surface area contributed by atoms with Crippen molar-refractivity contribution in [3.63, 3.8) is 0 Å². The molecule has 18 heavy (non-hydrogen) atoms. The SMILES string of the molecule is CCN(CC(C)(C)O)C(=O)c1cc(F)ccc1O. The van der Waals surface area contributed by atoms with Crippen molar-refractivity contribution in [3.05, 3.63) is 29.6 Å². The molecule has 4 nitrogen and oxygen atoms in total. The summed E-state index contributed by atoms with van der Waals surface area (Å²) >= 11 is 0. The topological polar surface area (TPSA) is 60.8 Å². The predicted molar refractivity (Wildman–Crippen MR) is 65.9 cm³/mol. The minimum atomic E-state index is -1.05. The number of halogens is 1. The Labute approximate surface area is 106 Å². The molecular weight excluding hydrogens is 237 g/mol. The fraction of sp³-hybridized carbons (Fsp3) is 0.462. The van der Waals surface area contributed by atoms with Crippen LogP contribution < -0.4 is 0 Å². The molecule has 0 heterocycles. The molecule has 5 heteroatoms. The number of rotatable bonds is 4. The third-order valence-electron chi connectivity index (χ3n) is 2.44. The largest absolute Gasteiger partial charge is 0.507 e. The number of carbonyl (C=O) groups is 1. The molecule has 0 atom stereocenters. The number of aliphatic hydroxyl groups is 1. The molecule has 100 valence electrons. The Morgan fingerprint density at radius 1 is 1.44 bits per heavy atom. The number of likely N-dealkylation sites (N-methyl/N-ethyl adjacent to an activating group) is 1. The predicted octanol–water partition coefficient (Wildman–Crippen LogP) is 1.76. The van der Waals surface area contributed by atoms with E-state index in [1.165, 1.54) is 4.90 Å². The van der Waals surface area contributed by atoms with Crippen LogP contribution in [0.15, 0.2) is 18.2 Å². The molecule has 0 unspecified atom stereocenters. The summed E-state index contributed by atoms with van der Waals surface area (Å²) < 4.78 is 13.1. The molecule has 0 spiro atoms. The number of carbonyl (C=O) groups excluding carboxylic acids is 1. The van der Waals surface area contributed by atoms with Gasteiger partial charge in [0, 0.05) is 13.1 Å². The van der Waals surface area contributed by atoms with Crippen molar-refractivity contribution >= 4 is 5.91 Å². The van der Waals surface area contributed by atoms with Crippen molar-refractivity contribution < 1.29 is 19.4 Å². The molecule has 0 bridgehead atoms. The average Bonchev–Trinajstić information content (AvgIpc) is 2.27. The van der Waals surface area contributed by atoms with Gasteiger partial charge in [-0.1, -0.05) is 0 Å². The zero-order valence-corrected chi connectivity index (χ0v) is 10.8. The fourth-order valence-electron chi connectivity index (χ4n) is 1.64. The summed E-state index contributed by atoms with van der Waals surface area (Å²) in [5.74, 6) is -1.36. The van der Waals surface area contributed by atoms with Crippen LogP contribution in [0.1, 0.15) is 31.1 Å². The maximum absolute atomic E-state index is 13.1. The van der Waals surface area contributed by atoms with Crippen molar-refractivity contribution in [2.45, 2.75) is 26.4 Å². The smallest absolute Gasteiger partial charge is 0.257 e. The summed E-state index contributed by atoms with van der Waals surface area (Å²) in [6.45, 7) is 5.37. The Balaban J connectivity index is 3.00. The standard InChI is InChI=1S/C13H18FNO3/c1-4-15(8-13(2,3)18)12(17)10-7-9(14)5-6-11(10)16/h5-7,16,18H,4,8H2,1-3H3. The van der Waals surface area contributed by atoms with Crippen LogP contribution in [0.3, 0.4) is 0 Å². The highest BCUT2D eigenvalue weighted by Crippen LogP contribution is 2.20. The molecule has 1 aromatic rings. The number of benzene rings is 1. The number of aromatic hydroxyl groups is 1. The van der Waals surface area contributed by atoms with E-state index in [9.17, 15) is 19.4 Å². The van der Waals surface area contributed by atoms with Crippen LogP contribution in [0.2, 0.25) is 0 Å². The summed E-state index contributed by atoms with van der Waals surface area (Å²) in [5.41, 5.74) is -1.14. The van der Waals surface area contributed by atoms with Crippen LogP contribution in [0, 0.1) is 5.82 Å². The molecule has 0 saturated carbocycles. The summed E-state index contributed by atoms with van der Waals surface area (Å²) in [5, 5.41) is 19.3. The first-order chi connectivity index (χ1) is 8.24. The molecule has 1 amide bonds. The third kappa shape index (κ3) is 3.70. The van der Waals surface area contributed by atoms with Gasteiger partial charge in [-0.15, -0.1) is 0 Å². The number of hydrogen-bond donors (Lipinski definition) is 2. The highest BCUT2D eigenvalue weighted by atomic mass is 19.1. The van der Waals surface area contributed by atoms with Crippen LogP contribution >= 0.6 is 0 Å². The Hall–Kier alpha value is -1.62. The lowest BCUT2D eigenvalue weighted by Crippen LogP contribution is -2.42. The van der Waals surface area contributed by atoms with Crippen LogP contribution in [0.4, 0.5) is 4.39 Å². The number of phenolic OH excluding ortho intramolecular Hbond substituents is 1. The number of nitrogens with zero attached hydrogens (tertiary/aromatic N) is 1. The van der Waals surface area contributed by atoms with E-state index in [1.54, 1.807) is 20.8 Å². The van der Waals surface area contributed by atoms with Crippen LogP contribution in [0.25, 0.3) is 0 Å². The maximum Gasteiger partial charge on any atom is 0.257 e. The number of hydrogen-bond acceptors (Lipinski definition) is 3. The lowest BCUT2D eigenvalue weighted by molar-refractivity contribution is 0.0313. The summed E-state index contributed by atoms with van der Waals surface area (Å²) in [6.07, 6.45) is 0. The van der Waals surface area contributed by atoms with Gasteiger partial charge in [0.05, 0.1) is 11.2 Å². The molecule has 0 aromatic heterocycles. The van der Waals surface area contributed by atoms with E-state index in [0.717, 1.165) is 18.2 Å². The van der Waals surface area contributed by atoms with Gasteiger partial charge in [0.25, 0.3) is 5.91 Å². The molecular formula is C13H18FNO3. The van der Waals surface area contributed by atoms with E-state index in [-0.39, 0.29) is 17.9 Å². The maximum atomic E-state index is 13.1. The summed E-state index contributed by atoms with van der Waals surface area (Å²) in [6, 6.07) is 3.21. The number of phenols is 1. The molecule has 1 rings (SSSR count). The van der Waals surface area contributed by atoms with Crippen LogP contribution in [-0.4, -0.2) is 39.7 Å². The van der Waals surface area contributed by atoms with Gasteiger partial charge in [0.1, 0.15) is 11.6 Å². The van der Waals surface area contributed by atoms with Crippen molar-refractivity contribution in [2.24, 2.45) is 0 Å². The molecule has 0 radical (unpaired) electrons. The second-order valence-electron chi connectivity index (χ2n) is 4.79. The van der Waals surface area contributed by atoms with Gasteiger partial charge in [-0.3, -0.25) is 4.79 Å². The van der Waals surface area contributed by atoms with Gasteiger partial charge in [-0.05, 0) is 39.0 Å². The normalized spacial score (nSPS) is 11.4. The van der Waals surface area contributed by atoms with Gasteiger partial charge < -0.3 is 15.1 Å². The minimum Gasteiger partial charge on any atom is -0.507 e. The van der Waals surface area contributed by atoms with Gasteiger partial charge in [-0.2, -0.15) is 0 Å². The van der Waals surface area contributed by atoms with E-state index in [2.05, 4.69) is 0 Å². The van der Waals surface area contributed by atoms with E-state index in [4.69, 9.17) is 0 Å². The molecule has 0 aliphatic rings. The van der Waals surface area contributed by atoms with Gasteiger partial charge in [0.2, 0.25) is 0 Å². The first-order valence-corrected chi connectivity index (χ1v) is 5.75. The van der Waals surface area contributed by atoms with Crippen molar-refractivity contribution in [2.75, 3.05) is 13.1 Å². The Bertz CT molecular complexity index is 440. The van der Waals surface area contributed by atoms with E-state index < -0.39 is 17.3 Å². The monoisotopic (exact) mass is 255 g/mol. The molecule has 0 fully saturated rings. The van der Waals surface area contributed by atoms with Gasteiger partial charge in [0.15, 0.2) is 0 Å². The zero-order chi connectivity index (χ0) is 13.9. The zero-order valence-electron chi connectivity index (χ0n) is 10.8. The summed E-state index contributed by atoms with van der Waals surface area (Å²) in [7, 11) is 0. The minimum absolute atomic E-state index is 0.0962. The lowest BCUT2D eigenvalue weighted by Gasteiger charge is -2.28. The molecule has 0 aliphatic carbocycles. The fourth-order valence-corrected chi connectivity index (χ4v) is 1.64.